The number of halogens is 1. The second-order valence-corrected chi connectivity index (χ2v) is 8.06. The van der Waals surface area contributed by atoms with Gasteiger partial charge in [0.2, 0.25) is 0 Å². The number of hydrogen-bond donors (Lipinski definition) is 1. The summed E-state index contributed by atoms with van der Waals surface area (Å²) in [6.45, 7) is 1.13. The molecule has 5 nitrogen and oxygen atoms in total. The van der Waals surface area contributed by atoms with Crippen LogP contribution in [0.1, 0.15) is 33.6 Å². The Morgan fingerprint density at radius 3 is 2.39 bits per heavy atom. The summed E-state index contributed by atoms with van der Waals surface area (Å²) in [5, 5.41) is 6.79. The minimum absolute atomic E-state index is 0.209. The molecular weight excluding hydrogens is 410 g/mol. The fourth-order valence-electron chi connectivity index (χ4n) is 4.18. The Bertz CT molecular complexity index is 1280. The van der Waals surface area contributed by atoms with Gasteiger partial charge in [0, 0.05) is 51.9 Å². The van der Waals surface area contributed by atoms with Gasteiger partial charge in [0.1, 0.15) is 0 Å². The molecule has 0 bridgehead atoms. The van der Waals surface area contributed by atoms with Crippen LogP contribution in [-0.4, -0.2) is 34.8 Å². The fourth-order valence-corrected chi connectivity index (χ4v) is 4.34. The Labute approximate surface area is 184 Å². The molecule has 154 valence electrons. The average Bonchev–Trinajstić information content (AvgIpc) is 2.79. The van der Waals surface area contributed by atoms with Gasteiger partial charge in [0.15, 0.2) is 0 Å². The monoisotopic (exact) mass is 429 g/mol. The minimum Gasteiger partial charge on any atom is -0.384 e. The molecule has 2 amide bonds. The van der Waals surface area contributed by atoms with Crippen LogP contribution in [0, 0.1) is 0 Å². The molecule has 6 heteroatoms. The van der Waals surface area contributed by atoms with Crippen molar-refractivity contribution in [3.05, 3.63) is 83.0 Å². The molecule has 1 N–H and O–H groups in total. The van der Waals surface area contributed by atoms with Crippen LogP contribution in [0.15, 0.2) is 66.9 Å². The van der Waals surface area contributed by atoms with E-state index in [4.69, 9.17) is 11.6 Å². The van der Waals surface area contributed by atoms with Crippen molar-refractivity contribution in [2.24, 2.45) is 0 Å². The van der Waals surface area contributed by atoms with E-state index in [1.165, 1.54) is 4.90 Å². The zero-order valence-corrected chi connectivity index (χ0v) is 17.5. The van der Waals surface area contributed by atoms with Crippen LogP contribution in [0.2, 0.25) is 5.02 Å². The van der Waals surface area contributed by atoms with E-state index < -0.39 is 0 Å². The number of carbonyl (C=O) groups is 2. The van der Waals surface area contributed by atoms with Gasteiger partial charge in [-0.25, -0.2) is 0 Å². The Hall–Kier alpha value is -3.44. The summed E-state index contributed by atoms with van der Waals surface area (Å²) in [7, 11) is 0. The molecule has 1 aromatic heterocycles. The van der Waals surface area contributed by atoms with Crippen molar-refractivity contribution < 1.29 is 9.59 Å². The topological polar surface area (TPSA) is 62.3 Å². The third kappa shape index (κ3) is 3.51. The van der Waals surface area contributed by atoms with Gasteiger partial charge in [-0.2, -0.15) is 0 Å². The van der Waals surface area contributed by atoms with Crippen LogP contribution in [0.25, 0.3) is 21.7 Å². The molecule has 0 atom stereocenters. The fraction of sp³-hybridized carbons (Fsp3) is 0.160. The number of pyridine rings is 1. The molecule has 3 aromatic carbocycles. The maximum Gasteiger partial charge on any atom is 0.261 e. The first-order valence-electron chi connectivity index (χ1n) is 10.3. The summed E-state index contributed by atoms with van der Waals surface area (Å²) < 4.78 is 0. The largest absolute Gasteiger partial charge is 0.384 e. The van der Waals surface area contributed by atoms with Crippen molar-refractivity contribution in [2.75, 3.05) is 18.4 Å². The maximum atomic E-state index is 12.9. The van der Waals surface area contributed by atoms with Gasteiger partial charge in [0.25, 0.3) is 11.8 Å². The minimum atomic E-state index is -0.209. The third-order valence-electron chi connectivity index (χ3n) is 5.68. The zero-order chi connectivity index (χ0) is 21.4. The number of nitrogens with one attached hydrogen (secondary N) is 1. The van der Waals surface area contributed by atoms with Gasteiger partial charge in [-0.05, 0) is 54.6 Å². The SMILES string of the molecule is O=C1c2cccc3cccc(c23)C(=O)N1CCCCNc1ccnc2cc(Cl)ccc12. The van der Waals surface area contributed by atoms with Crippen LogP contribution < -0.4 is 5.32 Å². The van der Waals surface area contributed by atoms with Gasteiger partial charge < -0.3 is 5.32 Å². The second-order valence-electron chi connectivity index (χ2n) is 7.63. The molecule has 1 aliphatic heterocycles. The molecule has 1 aliphatic rings. The predicted molar refractivity (Wildman–Crippen MR) is 124 cm³/mol. The van der Waals surface area contributed by atoms with Crippen molar-refractivity contribution in [2.45, 2.75) is 12.8 Å². The van der Waals surface area contributed by atoms with Crippen LogP contribution in [-0.2, 0) is 0 Å². The smallest absolute Gasteiger partial charge is 0.261 e. The van der Waals surface area contributed by atoms with Gasteiger partial charge in [-0.15, -0.1) is 0 Å². The van der Waals surface area contributed by atoms with Crippen LogP contribution >= 0.6 is 11.6 Å². The number of carbonyl (C=O) groups excluding carboxylic acids is 2. The predicted octanol–water partition coefficient (Wildman–Crippen LogP) is 5.53. The van der Waals surface area contributed by atoms with Crippen LogP contribution in [0.4, 0.5) is 5.69 Å². The van der Waals surface area contributed by atoms with E-state index in [1.807, 2.05) is 48.5 Å². The first kappa shape index (κ1) is 19.5. The summed E-state index contributed by atoms with van der Waals surface area (Å²) in [5.74, 6) is -0.418. The summed E-state index contributed by atoms with van der Waals surface area (Å²) in [6, 6.07) is 18.8. The van der Waals surface area contributed by atoms with Gasteiger partial charge in [-0.3, -0.25) is 19.5 Å². The number of hydrogen-bond acceptors (Lipinski definition) is 4. The first-order valence-corrected chi connectivity index (χ1v) is 10.7. The molecule has 0 fully saturated rings. The van der Waals surface area contributed by atoms with E-state index >= 15 is 0 Å². The number of nitrogens with zero attached hydrogens (tertiary/aromatic N) is 2. The molecule has 0 saturated carbocycles. The highest BCUT2D eigenvalue weighted by molar-refractivity contribution is 6.31. The highest BCUT2D eigenvalue weighted by atomic mass is 35.5. The van der Waals surface area contributed by atoms with E-state index in [-0.39, 0.29) is 11.8 Å². The average molecular weight is 430 g/mol. The molecule has 0 saturated heterocycles. The number of rotatable bonds is 6. The molecule has 5 rings (SSSR count). The Balaban J connectivity index is 1.24. The molecule has 0 spiro atoms. The van der Waals surface area contributed by atoms with Crippen molar-refractivity contribution in [1.29, 1.82) is 0 Å². The molecule has 31 heavy (non-hydrogen) atoms. The second kappa shape index (κ2) is 8.00. The Morgan fingerprint density at radius 1 is 0.903 bits per heavy atom. The number of imide groups is 1. The highest BCUT2D eigenvalue weighted by Gasteiger charge is 2.31. The van der Waals surface area contributed by atoms with E-state index in [0.29, 0.717) is 22.7 Å². The van der Waals surface area contributed by atoms with Crippen molar-refractivity contribution in [1.82, 2.24) is 9.88 Å². The molecule has 0 radical (unpaired) electrons. The van der Waals surface area contributed by atoms with Crippen LogP contribution in [0.5, 0.6) is 0 Å². The highest BCUT2D eigenvalue weighted by Crippen LogP contribution is 2.30. The first-order chi connectivity index (χ1) is 15.1. The van der Waals surface area contributed by atoms with Crippen molar-refractivity contribution in [3.63, 3.8) is 0 Å². The Morgan fingerprint density at radius 2 is 1.65 bits per heavy atom. The van der Waals surface area contributed by atoms with Gasteiger partial charge in [-0.1, -0.05) is 35.9 Å². The molecule has 0 aliphatic carbocycles. The molecular formula is C25H20ClN3O2. The Kier molecular flexibility index (Phi) is 5.04. The lowest BCUT2D eigenvalue weighted by atomic mass is 9.94. The molecule has 2 heterocycles. The lowest BCUT2D eigenvalue weighted by molar-refractivity contribution is 0.0608. The number of aromatic nitrogens is 1. The van der Waals surface area contributed by atoms with E-state index in [9.17, 15) is 9.59 Å². The van der Waals surface area contributed by atoms with Crippen molar-refractivity contribution in [3.8, 4) is 0 Å². The standard InChI is InChI=1S/C25H20ClN3O2/c26-17-9-10-18-21(11-13-28-22(18)15-17)27-12-1-2-14-29-24(30)19-7-3-5-16-6-4-8-20(23(16)19)25(29)31/h3-11,13,15H,1-2,12,14H2,(H,27,28). The van der Waals surface area contributed by atoms with E-state index in [2.05, 4.69) is 10.3 Å². The normalized spacial score (nSPS) is 13.3. The lowest BCUT2D eigenvalue weighted by Gasteiger charge is -2.27. The lowest BCUT2D eigenvalue weighted by Crippen LogP contribution is -2.40. The molecule has 0 unspecified atom stereocenters. The third-order valence-corrected chi connectivity index (χ3v) is 5.92. The number of unbranched alkanes of at least 4 members (excludes halogenated alkanes) is 1. The van der Waals surface area contributed by atoms with Gasteiger partial charge in [0.05, 0.1) is 5.52 Å². The number of anilines is 1. The zero-order valence-electron chi connectivity index (χ0n) is 16.8. The quantitative estimate of drug-likeness (QED) is 0.323. The summed E-state index contributed by atoms with van der Waals surface area (Å²) in [5.41, 5.74) is 3.04. The number of benzene rings is 3. The summed E-state index contributed by atoms with van der Waals surface area (Å²) in [6.07, 6.45) is 3.29. The summed E-state index contributed by atoms with van der Waals surface area (Å²) in [4.78, 5) is 31.6. The van der Waals surface area contributed by atoms with E-state index in [0.717, 1.165) is 46.7 Å². The molecule has 4 aromatic rings. The maximum absolute atomic E-state index is 12.9. The number of fused-ring (bicyclic) bond motifs is 1. The van der Waals surface area contributed by atoms with Gasteiger partial charge >= 0.3 is 0 Å². The van der Waals surface area contributed by atoms with Crippen LogP contribution in [0.3, 0.4) is 0 Å². The van der Waals surface area contributed by atoms with E-state index in [1.54, 1.807) is 18.3 Å². The van der Waals surface area contributed by atoms with Crippen molar-refractivity contribution >= 4 is 50.8 Å². The summed E-state index contributed by atoms with van der Waals surface area (Å²) >= 11 is 6.05. The number of amides is 2.